The molecule has 0 spiro atoms. The second kappa shape index (κ2) is 9.90. The molecule has 2 aliphatic rings. The summed E-state index contributed by atoms with van der Waals surface area (Å²) in [7, 11) is 0. The fraction of sp³-hybridized carbons (Fsp3) is 0.280. The van der Waals surface area contributed by atoms with Crippen LogP contribution in [-0.4, -0.2) is 30.6 Å². The van der Waals surface area contributed by atoms with E-state index in [1.807, 2.05) is 24.3 Å². The quantitative estimate of drug-likeness (QED) is 0.361. The van der Waals surface area contributed by atoms with Crippen LogP contribution >= 0.6 is 35.6 Å². The summed E-state index contributed by atoms with van der Waals surface area (Å²) in [6.45, 7) is 0.282. The van der Waals surface area contributed by atoms with Gasteiger partial charge in [-0.3, -0.25) is 18.9 Å². The number of thiocarbonyl (C=S) groups is 1. The van der Waals surface area contributed by atoms with E-state index < -0.39 is 0 Å². The highest BCUT2D eigenvalue weighted by molar-refractivity contribution is 8.26. The van der Waals surface area contributed by atoms with E-state index in [1.54, 1.807) is 30.5 Å². The fourth-order valence-corrected chi connectivity index (χ4v) is 5.78. The Bertz CT molecular complexity index is 1360. The number of thioether (sulfide) groups is 1. The molecule has 34 heavy (non-hydrogen) atoms. The zero-order valence-electron chi connectivity index (χ0n) is 18.4. The maximum atomic E-state index is 13.4. The van der Waals surface area contributed by atoms with E-state index in [9.17, 15) is 9.59 Å². The number of aromatic nitrogens is 2. The van der Waals surface area contributed by atoms with Crippen LogP contribution < -0.4 is 10.9 Å². The lowest BCUT2D eigenvalue weighted by molar-refractivity contribution is -0.122. The Hall–Kier alpha value is -2.68. The fourth-order valence-electron chi connectivity index (χ4n) is 4.35. The molecule has 0 atom stereocenters. The number of anilines is 1. The summed E-state index contributed by atoms with van der Waals surface area (Å²) in [5, 5.41) is 4.07. The normalized spacial score (nSPS) is 18.3. The maximum absolute atomic E-state index is 13.4. The van der Waals surface area contributed by atoms with Crippen molar-refractivity contribution in [2.24, 2.45) is 0 Å². The average molecular weight is 511 g/mol. The van der Waals surface area contributed by atoms with Crippen LogP contribution in [0.3, 0.4) is 0 Å². The molecule has 1 aromatic carbocycles. The minimum absolute atomic E-state index is 0.222. The number of carbonyl (C=O) groups excluding carboxylic acids is 1. The van der Waals surface area contributed by atoms with E-state index in [-0.39, 0.29) is 24.1 Å². The first-order valence-electron chi connectivity index (χ1n) is 11.3. The van der Waals surface area contributed by atoms with Crippen molar-refractivity contribution in [3.8, 4) is 0 Å². The van der Waals surface area contributed by atoms with Gasteiger partial charge in [0.25, 0.3) is 11.5 Å². The molecule has 1 saturated heterocycles. The third kappa shape index (κ3) is 4.62. The topological polar surface area (TPSA) is 66.7 Å². The molecular weight excluding hydrogens is 488 g/mol. The summed E-state index contributed by atoms with van der Waals surface area (Å²) in [6, 6.07) is 13.1. The molecule has 1 aliphatic heterocycles. The molecule has 0 radical (unpaired) electrons. The number of rotatable bonds is 5. The van der Waals surface area contributed by atoms with E-state index in [0.29, 0.717) is 31.3 Å². The van der Waals surface area contributed by atoms with E-state index in [1.165, 1.54) is 27.5 Å². The van der Waals surface area contributed by atoms with Crippen LogP contribution in [-0.2, 0) is 11.3 Å². The van der Waals surface area contributed by atoms with Crippen LogP contribution in [0, 0.1) is 0 Å². The lowest BCUT2D eigenvalue weighted by Gasteiger charge is -2.24. The van der Waals surface area contributed by atoms with Gasteiger partial charge in [0.15, 0.2) is 0 Å². The third-order valence-electron chi connectivity index (χ3n) is 6.15. The number of nitrogens with zero attached hydrogens (tertiary/aromatic N) is 3. The van der Waals surface area contributed by atoms with Gasteiger partial charge in [0.2, 0.25) is 0 Å². The molecule has 3 aromatic rings. The molecule has 0 unspecified atom stereocenters. The first-order valence-corrected chi connectivity index (χ1v) is 12.9. The maximum Gasteiger partial charge on any atom is 0.267 e. The molecule has 9 heteroatoms. The molecule has 2 aromatic heterocycles. The molecule has 1 aliphatic carbocycles. The Morgan fingerprint density at radius 3 is 2.68 bits per heavy atom. The van der Waals surface area contributed by atoms with Gasteiger partial charge in [-0.05, 0) is 42.7 Å². The monoisotopic (exact) mass is 510 g/mol. The Morgan fingerprint density at radius 1 is 1.12 bits per heavy atom. The van der Waals surface area contributed by atoms with Crippen LogP contribution in [0.4, 0.5) is 5.82 Å². The molecule has 2 fully saturated rings. The van der Waals surface area contributed by atoms with Crippen LogP contribution in [0.15, 0.2) is 58.4 Å². The van der Waals surface area contributed by atoms with E-state index >= 15 is 0 Å². The lowest BCUT2D eigenvalue weighted by Crippen LogP contribution is -2.28. The summed E-state index contributed by atoms with van der Waals surface area (Å²) in [5.74, 6) is 0.274. The molecule has 1 amide bonds. The molecule has 1 saturated carbocycles. The van der Waals surface area contributed by atoms with Crippen molar-refractivity contribution in [3.63, 3.8) is 0 Å². The summed E-state index contributed by atoms with van der Waals surface area (Å²) in [5.41, 5.74) is 1.52. The Morgan fingerprint density at radius 2 is 1.88 bits per heavy atom. The van der Waals surface area contributed by atoms with Crippen LogP contribution in [0.25, 0.3) is 11.7 Å². The zero-order chi connectivity index (χ0) is 23.7. The van der Waals surface area contributed by atoms with E-state index in [0.717, 1.165) is 31.2 Å². The van der Waals surface area contributed by atoms with Gasteiger partial charge in [-0.25, -0.2) is 4.98 Å². The molecule has 0 bridgehead atoms. The van der Waals surface area contributed by atoms with E-state index in [4.69, 9.17) is 28.8 Å². The van der Waals surface area contributed by atoms with Crippen LogP contribution in [0.2, 0.25) is 5.02 Å². The Kier molecular flexibility index (Phi) is 6.72. The van der Waals surface area contributed by atoms with Gasteiger partial charge in [0.1, 0.15) is 15.8 Å². The molecule has 1 N–H and O–H groups in total. The predicted molar refractivity (Wildman–Crippen MR) is 142 cm³/mol. The van der Waals surface area contributed by atoms with Crippen molar-refractivity contribution in [3.05, 3.63) is 80.1 Å². The van der Waals surface area contributed by atoms with Crippen molar-refractivity contribution < 1.29 is 4.79 Å². The van der Waals surface area contributed by atoms with Gasteiger partial charge in [0.05, 0.1) is 17.0 Å². The molecule has 5 rings (SSSR count). The van der Waals surface area contributed by atoms with Crippen LogP contribution in [0.1, 0.15) is 43.2 Å². The van der Waals surface area contributed by atoms with Gasteiger partial charge in [0, 0.05) is 17.3 Å². The number of carbonyl (C=O) groups is 1. The smallest absolute Gasteiger partial charge is 0.267 e. The number of benzene rings is 1. The standard InChI is InChI=1S/C25H23ClN4O2S2/c26-19-11-5-4-8-16(19)15-30-24(32)20(34-25(30)33)14-18-22(27-17-9-2-1-3-10-17)28-21-12-6-7-13-29(21)23(18)31/h4-8,11-14,17,27H,1-3,9-10,15H2. The summed E-state index contributed by atoms with van der Waals surface area (Å²) >= 11 is 13.0. The Labute approximate surface area is 212 Å². The minimum atomic E-state index is -0.240. The number of hydrogen-bond acceptors (Lipinski definition) is 6. The molecular formula is C25H23ClN4O2S2. The van der Waals surface area contributed by atoms with Gasteiger partial charge in [-0.1, -0.05) is 79.1 Å². The number of hydrogen-bond donors (Lipinski definition) is 1. The number of fused-ring (bicyclic) bond motifs is 1. The molecule has 6 nitrogen and oxygen atoms in total. The van der Waals surface area contributed by atoms with Gasteiger partial charge < -0.3 is 5.32 Å². The van der Waals surface area contributed by atoms with Crippen LogP contribution in [0.5, 0.6) is 0 Å². The first kappa shape index (κ1) is 23.1. The highest BCUT2D eigenvalue weighted by Gasteiger charge is 2.33. The molecule has 3 heterocycles. The van der Waals surface area contributed by atoms with Crippen molar-refractivity contribution in [1.29, 1.82) is 0 Å². The molecule has 174 valence electrons. The summed E-state index contributed by atoms with van der Waals surface area (Å²) < 4.78 is 1.94. The number of pyridine rings is 1. The van der Waals surface area contributed by atoms with Crippen molar-refractivity contribution in [2.45, 2.75) is 44.7 Å². The lowest BCUT2D eigenvalue weighted by atomic mass is 9.95. The second-order valence-corrected chi connectivity index (χ2v) is 10.5. The second-order valence-electron chi connectivity index (χ2n) is 8.45. The van der Waals surface area contributed by atoms with Gasteiger partial charge in [-0.15, -0.1) is 0 Å². The van der Waals surface area contributed by atoms with Crippen molar-refractivity contribution >= 4 is 63.3 Å². The van der Waals surface area contributed by atoms with Gasteiger partial charge in [-0.2, -0.15) is 0 Å². The highest BCUT2D eigenvalue weighted by Crippen LogP contribution is 2.35. The van der Waals surface area contributed by atoms with Crippen molar-refractivity contribution in [2.75, 3.05) is 5.32 Å². The first-order chi connectivity index (χ1) is 16.5. The van der Waals surface area contributed by atoms with Crippen molar-refractivity contribution in [1.82, 2.24) is 14.3 Å². The Balaban J connectivity index is 1.52. The highest BCUT2D eigenvalue weighted by atomic mass is 35.5. The number of halogens is 1. The largest absolute Gasteiger partial charge is 0.367 e. The van der Waals surface area contributed by atoms with Gasteiger partial charge >= 0.3 is 0 Å². The number of amides is 1. The summed E-state index contributed by atoms with van der Waals surface area (Å²) in [6.07, 6.45) is 8.93. The third-order valence-corrected chi connectivity index (χ3v) is 7.90. The summed E-state index contributed by atoms with van der Waals surface area (Å²) in [4.78, 5) is 33.4. The van der Waals surface area contributed by atoms with E-state index in [2.05, 4.69) is 5.32 Å². The zero-order valence-corrected chi connectivity index (χ0v) is 20.8. The predicted octanol–water partition coefficient (Wildman–Crippen LogP) is 5.49. The average Bonchev–Trinajstić information content (AvgIpc) is 3.11. The SMILES string of the molecule is O=C1C(=Cc2c(NC3CCCCC3)nc3ccccn3c2=O)SC(=S)N1Cc1ccccc1Cl. The minimum Gasteiger partial charge on any atom is -0.367 e. The number of nitrogens with one attached hydrogen (secondary N) is 1.